The van der Waals surface area contributed by atoms with Crippen molar-refractivity contribution in [3.63, 3.8) is 0 Å². The zero-order valence-electron chi connectivity index (χ0n) is 38.6. The zero-order valence-corrected chi connectivity index (χ0v) is 38.6. The van der Waals surface area contributed by atoms with Gasteiger partial charge in [0.25, 0.3) is 0 Å². The number of benzene rings is 9. The zero-order chi connectivity index (χ0) is 46.8. The number of hydrogen-bond acceptors (Lipinski definition) is 6. The second-order valence-electron chi connectivity index (χ2n) is 19.2. The van der Waals surface area contributed by atoms with Crippen molar-refractivity contribution >= 4 is 34.1 Å². The molecule has 342 valence electrons. The third kappa shape index (κ3) is 7.00. The SMILES string of the molecule is [O-][N+]1(c2ccc(-c3ccc(C4CNC(c5ccccc5)NC4)cc3)cc2)c2ccccc2-c2c1ccc1c2-c2ccccc2[N+]1([O-])c1ccc(-c2ccc(C3CNC(c4ccccc4)NC3)cc2)cc1. The van der Waals surface area contributed by atoms with Crippen LogP contribution in [0, 0.1) is 10.4 Å². The lowest BCUT2D eigenvalue weighted by atomic mass is 9.94. The van der Waals surface area contributed by atoms with Crippen LogP contribution in [0.3, 0.4) is 0 Å². The molecule has 13 rings (SSSR count). The third-order valence-electron chi connectivity index (χ3n) is 15.3. The molecular formula is C62H52N6O2. The summed E-state index contributed by atoms with van der Waals surface area (Å²) >= 11 is 0. The average Bonchev–Trinajstić information content (AvgIpc) is 3.87. The fourth-order valence-corrected chi connectivity index (χ4v) is 11.6. The van der Waals surface area contributed by atoms with E-state index in [1.54, 1.807) is 0 Å². The highest BCUT2D eigenvalue weighted by Gasteiger charge is 2.48. The maximum atomic E-state index is 15.9. The molecule has 0 saturated carbocycles. The van der Waals surface area contributed by atoms with Crippen LogP contribution in [-0.4, -0.2) is 26.2 Å². The van der Waals surface area contributed by atoms with Crippen molar-refractivity contribution in [2.24, 2.45) is 0 Å². The minimum atomic E-state index is -0.750. The van der Waals surface area contributed by atoms with E-state index in [0.717, 1.165) is 70.7 Å². The first-order valence-corrected chi connectivity index (χ1v) is 24.5. The Balaban J connectivity index is 0.770. The highest BCUT2D eigenvalue weighted by molar-refractivity contribution is 6.13. The number of rotatable bonds is 8. The highest BCUT2D eigenvalue weighted by Crippen LogP contribution is 2.66. The monoisotopic (exact) mass is 912 g/mol. The van der Waals surface area contributed by atoms with E-state index in [9.17, 15) is 0 Å². The molecule has 0 aromatic heterocycles. The van der Waals surface area contributed by atoms with Gasteiger partial charge in [0.15, 0.2) is 22.7 Å². The Hall–Kier alpha value is -7.34. The summed E-state index contributed by atoms with van der Waals surface area (Å²) in [6.45, 7) is 3.59. The maximum absolute atomic E-state index is 15.9. The first-order chi connectivity index (χ1) is 34.4. The highest BCUT2D eigenvalue weighted by atomic mass is 16.6. The Morgan fingerprint density at radius 1 is 0.300 bits per heavy atom. The Morgan fingerprint density at radius 3 is 0.971 bits per heavy atom. The molecular weight excluding hydrogens is 861 g/mol. The van der Waals surface area contributed by atoms with E-state index in [4.69, 9.17) is 0 Å². The molecule has 9 aromatic carbocycles. The first-order valence-electron chi connectivity index (χ1n) is 24.5. The van der Waals surface area contributed by atoms with Crippen molar-refractivity contribution in [1.29, 1.82) is 0 Å². The minimum Gasteiger partial charge on any atom is -0.616 e. The largest absolute Gasteiger partial charge is 0.616 e. The van der Waals surface area contributed by atoms with E-state index >= 15 is 10.4 Å². The number of quaternary nitrogens is 2. The summed E-state index contributed by atoms with van der Waals surface area (Å²) in [4.78, 5) is 0. The number of fused-ring (bicyclic) bond motifs is 7. The number of hydrogen-bond donors (Lipinski definition) is 4. The summed E-state index contributed by atoms with van der Waals surface area (Å²) in [6, 6.07) is 74.4. The molecule has 0 aliphatic carbocycles. The summed E-state index contributed by atoms with van der Waals surface area (Å²) in [7, 11) is 0. The van der Waals surface area contributed by atoms with Gasteiger partial charge in [-0.15, -0.1) is 0 Å². The predicted molar refractivity (Wildman–Crippen MR) is 286 cm³/mol. The molecule has 4 aliphatic heterocycles. The number of nitrogens with zero attached hydrogens (tertiary/aromatic N) is 2. The van der Waals surface area contributed by atoms with Gasteiger partial charge in [-0.25, -0.2) is 0 Å². The molecule has 4 heterocycles. The second kappa shape index (κ2) is 17.3. The van der Waals surface area contributed by atoms with E-state index < -0.39 is 9.29 Å². The van der Waals surface area contributed by atoms with Crippen LogP contribution in [0.2, 0.25) is 0 Å². The van der Waals surface area contributed by atoms with Crippen LogP contribution in [0.15, 0.2) is 218 Å². The molecule has 0 amide bonds. The van der Waals surface area contributed by atoms with E-state index in [1.165, 1.54) is 22.3 Å². The Labute approximate surface area is 408 Å². The van der Waals surface area contributed by atoms with Crippen LogP contribution in [-0.2, 0) is 0 Å². The molecule has 9 aromatic rings. The van der Waals surface area contributed by atoms with Gasteiger partial charge in [-0.05, 0) is 80.9 Å². The summed E-state index contributed by atoms with van der Waals surface area (Å²) in [5.74, 6) is 0.727. The average molecular weight is 913 g/mol. The minimum absolute atomic E-state index is 0.157. The molecule has 4 N–H and O–H groups in total. The molecule has 0 bridgehead atoms. The van der Waals surface area contributed by atoms with Crippen LogP contribution in [0.4, 0.5) is 34.1 Å². The number of nitrogens with one attached hydrogen (secondary N) is 4. The molecule has 2 atom stereocenters. The molecule has 0 radical (unpaired) electrons. The van der Waals surface area contributed by atoms with Gasteiger partial charge in [-0.1, -0.05) is 133 Å². The Kier molecular flexibility index (Phi) is 10.5. The topological polar surface area (TPSA) is 94.2 Å². The molecule has 8 heteroatoms. The fraction of sp³-hybridized carbons (Fsp3) is 0.129. The van der Waals surface area contributed by atoms with Crippen molar-refractivity contribution in [1.82, 2.24) is 30.6 Å². The van der Waals surface area contributed by atoms with Crippen molar-refractivity contribution in [3.8, 4) is 44.5 Å². The second-order valence-corrected chi connectivity index (χ2v) is 19.2. The van der Waals surface area contributed by atoms with Crippen molar-refractivity contribution in [2.75, 3.05) is 26.2 Å². The fourth-order valence-electron chi connectivity index (χ4n) is 11.6. The van der Waals surface area contributed by atoms with Gasteiger partial charge < -0.3 is 10.4 Å². The van der Waals surface area contributed by atoms with Crippen LogP contribution in [0.25, 0.3) is 44.5 Å². The van der Waals surface area contributed by atoms with Crippen LogP contribution < -0.4 is 30.6 Å². The summed E-state index contributed by atoms with van der Waals surface area (Å²) < 4.78 is -1.50. The van der Waals surface area contributed by atoms with Gasteiger partial charge in [0.2, 0.25) is 0 Å². The molecule has 8 nitrogen and oxygen atoms in total. The normalized spacial score (nSPS) is 23.2. The molecule has 2 unspecified atom stereocenters. The van der Waals surface area contributed by atoms with Gasteiger partial charge in [-0.2, -0.15) is 0 Å². The lowest BCUT2D eigenvalue weighted by Gasteiger charge is -2.40. The van der Waals surface area contributed by atoms with E-state index in [2.05, 4.69) is 143 Å². The van der Waals surface area contributed by atoms with Gasteiger partial charge in [0, 0.05) is 86.5 Å². The predicted octanol–water partition coefficient (Wildman–Crippen LogP) is 13.9. The molecule has 2 fully saturated rings. The summed E-state index contributed by atoms with van der Waals surface area (Å²) in [5.41, 5.74) is 16.4. The van der Waals surface area contributed by atoms with Crippen LogP contribution >= 0.6 is 0 Å². The van der Waals surface area contributed by atoms with Crippen LogP contribution in [0.1, 0.15) is 46.4 Å². The maximum Gasteiger partial charge on any atom is 0.152 e. The van der Waals surface area contributed by atoms with Crippen molar-refractivity contribution in [3.05, 3.63) is 251 Å². The van der Waals surface area contributed by atoms with Crippen molar-refractivity contribution in [2.45, 2.75) is 24.2 Å². The molecule has 2 saturated heterocycles. The van der Waals surface area contributed by atoms with Crippen molar-refractivity contribution < 1.29 is 0 Å². The lowest BCUT2D eigenvalue weighted by molar-refractivity contribution is 0.348. The molecule has 4 aliphatic rings. The Morgan fingerprint density at radius 2 is 0.614 bits per heavy atom. The van der Waals surface area contributed by atoms with E-state index in [0.29, 0.717) is 46.0 Å². The third-order valence-corrected chi connectivity index (χ3v) is 15.3. The molecule has 70 heavy (non-hydrogen) atoms. The quantitative estimate of drug-likeness (QED) is 0.0896. The molecule has 0 spiro atoms. The van der Waals surface area contributed by atoms with Crippen LogP contribution in [0.5, 0.6) is 0 Å². The smallest absolute Gasteiger partial charge is 0.152 e. The van der Waals surface area contributed by atoms with Gasteiger partial charge in [-0.3, -0.25) is 30.6 Å². The van der Waals surface area contributed by atoms with Gasteiger partial charge in [0.05, 0.1) is 34.6 Å². The van der Waals surface area contributed by atoms with Gasteiger partial charge >= 0.3 is 0 Å². The first kappa shape index (κ1) is 42.7. The summed E-state index contributed by atoms with van der Waals surface area (Å²) in [5, 5.41) is 46.4. The lowest BCUT2D eigenvalue weighted by Crippen LogP contribution is -2.45. The number of para-hydroxylation sites is 2. The van der Waals surface area contributed by atoms with Gasteiger partial charge in [0.1, 0.15) is 11.4 Å². The van der Waals surface area contributed by atoms with E-state index in [-0.39, 0.29) is 12.3 Å². The standard InChI is InChI=1S/C62H52N6O2/c69-67(51-31-27-43(28-32-51)41-19-23-45(24-20-41)49-37-63-61(64-38-49)47-11-3-1-4-12-47)55-17-9-7-15-53(55)59-57(67)35-36-58-60(59)54-16-8-10-18-56(54)68(58,70)52-33-29-44(30-34-52)42-21-25-46(26-22-42)50-39-65-62(66-40-50)48-13-5-2-6-14-48/h1-36,49-50,61-66H,37-40H2. The summed E-state index contributed by atoms with van der Waals surface area (Å²) in [6.07, 6.45) is 0.314. The van der Waals surface area contributed by atoms with E-state index in [1.807, 2.05) is 97.1 Å². The Bertz CT molecular complexity index is 3120.